The van der Waals surface area contributed by atoms with E-state index in [1.807, 2.05) is 0 Å². The highest BCUT2D eigenvalue weighted by Crippen LogP contribution is 2.23. The Kier molecular flexibility index (Phi) is 9.44. The number of hydroxylamine groups is 1. The van der Waals surface area contributed by atoms with Crippen molar-refractivity contribution in [3.8, 4) is 0 Å². The number of hydrogen-bond donors (Lipinski definition) is 3. The zero-order valence-corrected chi connectivity index (χ0v) is 16.7. The third kappa shape index (κ3) is 7.38. The summed E-state index contributed by atoms with van der Waals surface area (Å²) in [6, 6.07) is 9.97. The second-order valence-corrected chi connectivity index (χ2v) is 6.78. The molecule has 2 aromatic carbocycles. The van der Waals surface area contributed by atoms with Crippen LogP contribution in [0.5, 0.6) is 0 Å². The Morgan fingerprint density at radius 3 is 2.45 bits per heavy atom. The molecule has 0 heterocycles. The molecule has 164 valence electrons. The van der Waals surface area contributed by atoms with E-state index in [2.05, 4.69) is 10.5 Å². The fraction of sp³-hybridized carbons (Fsp3) is 0.273. The number of nitrogens with one attached hydrogen (secondary N) is 2. The van der Waals surface area contributed by atoms with Gasteiger partial charge < -0.3 is 5.32 Å². The number of benzene rings is 2. The largest absolute Gasteiger partial charge is 0.352 e. The lowest BCUT2D eigenvalue weighted by molar-refractivity contribution is -0.129. The molecule has 2 amide bonds. The van der Waals surface area contributed by atoms with Gasteiger partial charge in [0.15, 0.2) is 0 Å². The van der Waals surface area contributed by atoms with Crippen molar-refractivity contribution in [3.63, 3.8) is 0 Å². The third-order valence-electron chi connectivity index (χ3n) is 4.54. The topological polar surface area (TPSA) is 108 Å². The predicted octanol–water partition coefficient (Wildman–Crippen LogP) is 4.42. The minimum absolute atomic E-state index is 0.110. The second kappa shape index (κ2) is 12.3. The van der Waals surface area contributed by atoms with Crippen molar-refractivity contribution in [2.45, 2.75) is 32.4 Å². The number of nitroso groups, excluding NO2 is 1. The Balaban J connectivity index is 2.14. The number of unbranched alkanes of at least 4 members (excludes halogenated alkanes) is 2. The molecule has 0 saturated carbocycles. The average molecular weight is 431 g/mol. The second-order valence-electron chi connectivity index (χ2n) is 6.78. The van der Waals surface area contributed by atoms with Crippen LogP contribution in [0, 0.1) is 10.7 Å². The Hall–Kier alpha value is -3.46. The number of carbonyl (C=O) groups is 2. The lowest BCUT2D eigenvalue weighted by atomic mass is 10.0. The van der Waals surface area contributed by atoms with E-state index in [9.17, 15) is 23.3 Å². The van der Waals surface area contributed by atoms with E-state index >= 15 is 0 Å². The average Bonchev–Trinajstić information content (AvgIpc) is 2.80. The molecule has 0 aliphatic heterocycles. The quantitative estimate of drug-likeness (QED) is 0.122. The molecule has 2 rings (SSSR count). The molecule has 0 aromatic heterocycles. The van der Waals surface area contributed by atoms with Gasteiger partial charge in [0, 0.05) is 24.1 Å². The monoisotopic (exact) mass is 431 g/mol. The van der Waals surface area contributed by atoms with E-state index in [1.54, 1.807) is 17.6 Å². The van der Waals surface area contributed by atoms with Crippen molar-refractivity contribution in [1.82, 2.24) is 10.8 Å². The van der Waals surface area contributed by atoms with Crippen molar-refractivity contribution in [2.24, 2.45) is 5.18 Å². The van der Waals surface area contributed by atoms with Gasteiger partial charge in [-0.1, -0.05) is 24.6 Å². The molecule has 0 aliphatic rings. The Labute approximate surface area is 178 Å². The molecule has 0 radical (unpaired) electrons. The molecule has 0 spiro atoms. The van der Waals surface area contributed by atoms with Gasteiger partial charge in [-0.25, -0.2) is 14.3 Å². The van der Waals surface area contributed by atoms with Gasteiger partial charge in [0.1, 0.15) is 18.2 Å². The number of amides is 2. The predicted molar refractivity (Wildman–Crippen MR) is 112 cm³/mol. The van der Waals surface area contributed by atoms with E-state index in [-0.39, 0.29) is 23.2 Å². The summed E-state index contributed by atoms with van der Waals surface area (Å²) in [6.07, 6.45) is 3.56. The molecule has 7 nitrogen and oxygen atoms in total. The first kappa shape index (κ1) is 23.8. The number of halogens is 2. The van der Waals surface area contributed by atoms with Crippen LogP contribution >= 0.6 is 0 Å². The fourth-order valence-electron chi connectivity index (χ4n) is 2.88. The lowest BCUT2D eigenvalue weighted by Crippen LogP contribution is -2.25. The molecule has 2 aromatic rings. The Morgan fingerprint density at radius 2 is 1.81 bits per heavy atom. The van der Waals surface area contributed by atoms with Crippen LogP contribution in [-0.4, -0.2) is 23.6 Å². The Morgan fingerprint density at radius 1 is 1.06 bits per heavy atom. The van der Waals surface area contributed by atoms with Crippen LogP contribution in [0.4, 0.5) is 14.5 Å². The molecular weight excluding hydrogens is 408 g/mol. The van der Waals surface area contributed by atoms with Gasteiger partial charge in [0.25, 0.3) is 5.91 Å². The van der Waals surface area contributed by atoms with E-state index < -0.39 is 24.3 Å². The summed E-state index contributed by atoms with van der Waals surface area (Å²) >= 11 is 0. The number of hydrogen-bond acceptors (Lipinski definition) is 5. The van der Waals surface area contributed by atoms with Crippen molar-refractivity contribution in [2.75, 3.05) is 6.54 Å². The van der Waals surface area contributed by atoms with Crippen LogP contribution in [0.3, 0.4) is 0 Å². The minimum Gasteiger partial charge on any atom is -0.352 e. The molecule has 0 fully saturated rings. The zero-order valence-electron chi connectivity index (χ0n) is 16.7. The molecule has 31 heavy (non-hydrogen) atoms. The maximum Gasteiger partial charge on any atom is 0.251 e. The molecule has 0 bridgehead atoms. The summed E-state index contributed by atoms with van der Waals surface area (Å²) in [5, 5.41) is 14.1. The lowest BCUT2D eigenvalue weighted by Gasteiger charge is -2.11. The van der Waals surface area contributed by atoms with E-state index in [1.165, 1.54) is 30.3 Å². The van der Waals surface area contributed by atoms with Gasteiger partial charge in [0.05, 0.1) is 0 Å². The molecular formula is C22H23F2N3O4. The van der Waals surface area contributed by atoms with E-state index in [0.717, 1.165) is 6.07 Å². The summed E-state index contributed by atoms with van der Waals surface area (Å²) in [5.41, 5.74) is 2.87. The van der Waals surface area contributed by atoms with Crippen LogP contribution in [0.2, 0.25) is 0 Å². The molecule has 3 N–H and O–H groups in total. The van der Waals surface area contributed by atoms with E-state index in [4.69, 9.17) is 5.21 Å². The van der Waals surface area contributed by atoms with Gasteiger partial charge >= 0.3 is 0 Å². The summed E-state index contributed by atoms with van der Waals surface area (Å²) in [7, 11) is 0. The Bertz CT molecular complexity index is 946. The number of alkyl halides is 1. The molecule has 9 heteroatoms. The van der Waals surface area contributed by atoms with Crippen LogP contribution in [-0.2, 0) is 16.3 Å². The van der Waals surface area contributed by atoms with Crippen LogP contribution in [0.15, 0.2) is 47.6 Å². The van der Waals surface area contributed by atoms with E-state index in [0.29, 0.717) is 36.9 Å². The zero-order chi connectivity index (χ0) is 22.6. The molecule has 0 aliphatic carbocycles. The fourth-order valence-corrected chi connectivity index (χ4v) is 2.88. The van der Waals surface area contributed by atoms with Crippen molar-refractivity contribution in [1.29, 1.82) is 0 Å². The summed E-state index contributed by atoms with van der Waals surface area (Å²) in [6.45, 7) is -0.618. The smallest absolute Gasteiger partial charge is 0.251 e. The highest BCUT2D eigenvalue weighted by molar-refractivity contribution is 6.24. The van der Waals surface area contributed by atoms with Crippen molar-refractivity contribution >= 4 is 29.2 Å². The van der Waals surface area contributed by atoms with Crippen molar-refractivity contribution in [3.05, 3.63) is 69.9 Å². The SMILES string of the molecule is O=Nc1ccc(/C(=C/c2ccc(F)c(CF)c2)C(=O)NCCCCCC(=O)NO)cc1. The third-order valence-corrected chi connectivity index (χ3v) is 4.54. The highest BCUT2D eigenvalue weighted by atomic mass is 19.1. The van der Waals surface area contributed by atoms with Gasteiger partial charge in [-0.15, -0.1) is 4.91 Å². The summed E-state index contributed by atoms with van der Waals surface area (Å²) in [5.74, 6) is -1.53. The van der Waals surface area contributed by atoms with Gasteiger partial charge in [-0.3, -0.25) is 14.8 Å². The maximum atomic E-state index is 13.6. The van der Waals surface area contributed by atoms with Crippen LogP contribution < -0.4 is 10.8 Å². The van der Waals surface area contributed by atoms with Gasteiger partial charge in [0.2, 0.25) is 5.91 Å². The van der Waals surface area contributed by atoms with Crippen LogP contribution in [0.25, 0.3) is 11.6 Å². The first-order valence-electron chi connectivity index (χ1n) is 9.69. The highest BCUT2D eigenvalue weighted by Gasteiger charge is 2.13. The van der Waals surface area contributed by atoms with Crippen LogP contribution in [0.1, 0.15) is 42.4 Å². The molecule has 0 atom stereocenters. The summed E-state index contributed by atoms with van der Waals surface area (Å²) < 4.78 is 26.6. The standard InChI is InChI=1S/C22H23F2N3O4/c23-14-17-12-15(5-10-20(17)24)13-19(16-6-8-18(26-30)9-7-16)22(29)25-11-3-1-2-4-21(28)27-31/h5-10,12-13,31H,1-4,11,14H2,(H,25,29)(H,27,28)/b19-13-. The van der Waals surface area contributed by atoms with Crippen molar-refractivity contribution < 1.29 is 23.6 Å². The number of nitrogens with zero attached hydrogens (tertiary/aromatic N) is 1. The number of carbonyl (C=O) groups excluding carboxylic acids is 2. The minimum atomic E-state index is -0.969. The van der Waals surface area contributed by atoms with Gasteiger partial charge in [-0.2, -0.15) is 0 Å². The summed E-state index contributed by atoms with van der Waals surface area (Å²) in [4.78, 5) is 34.4. The first-order valence-corrected chi connectivity index (χ1v) is 9.69. The van der Waals surface area contributed by atoms with Gasteiger partial charge in [-0.05, 0) is 59.5 Å². The first-order chi connectivity index (χ1) is 15.0. The molecule has 0 saturated heterocycles. The maximum absolute atomic E-state index is 13.6. The normalized spacial score (nSPS) is 11.1. The molecule has 0 unspecified atom stereocenters. The number of rotatable bonds is 11.